The molecule has 1 atom stereocenters. The Labute approximate surface area is 198 Å². The molecule has 1 unspecified atom stereocenters. The average molecular weight is 486 g/mol. The minimum absolute atomic E-state index is 0.606. The van der Waals surface area contributed by atoms with Crippen LogP contribution in [0, 0.1) is 6.92 Å². The Hall–Kier alpha value is -2.89. The molecule has 0 amide bonds. The number of hydrogen-bond donors (Lipinski definition) is 4. The van der Waals surface area contributed by atoms with Crippen molar-refractivity contribution in [3.8, 4) is 11.5 Å². The van der Waals surface area contributed by atoms with E-state index in [0.29, 0.717) is 6.61 Å². The van der Waals surface area contributed by atoms with E-state index in [4.69, 9.17) is 34.6 Å². The Kier molecular flexibility index (Phi) is 11.2. The second kappa shape index (κ2) is 13.1. The summed E-state index contributed by atoms with van der Waals surface area (Å²) in [6.07, 6.45) is -1.57. The summed E-state index contributed by atoms with van der Waals surface area (Å²) in [5.41, 5.74) is -1.56. The minimum atomic E-state index is -2.74. The van der Waals surface area contributed by atoms with Crippen molar-refractivity contribution >= 4 is 17.9 Å². The number of fused-ring (bicyclic) bond motifs is 1. The van der Waals surface area contributed by atoms with Crippen LogP contribution in [0.2, 0.25) is 0 Å². The van der Waals surface area contributed by atoms with Crippen LogP contribution in [0.4, 0.5) is 0 Å². The smallest absolute Gasteiger partial charge is 0.336 e. The van der Waals surface area contributed by atoms with Gasteiger partial charge in [-0.05, 0) is 37.7 Å². The van der Waals surface area contributed by atoms with Crippen molar-refractivity contribution in [2.75, 3.05) is 32.8 Å². The summed E-state index contributed by atoms with van der Waals surface area (Å²) in [5.74, 6) is -3.97. The van der Waals surface area contributed by atoms with Gasteiger partial charge >= 0.3 is 17.9 Å². The molecule has 2 rings (SSSR count). The standard InChI is InChI=1S/C17H27NO3.C6H8O7/c1-5-18(6-2)10-12-19-11-9-17(4)20-15-8-7-14(3)13-16(15)21-17;7-3(8)1-6(13,5(11)12)2-4(9)10/h7-8,13H,5-6,9-12H2,1-4H3;13H,1-2H2,(H,7,8)(H,9,10)(H,11,12). The van der Waals surface area contributed by atoms with Crippen molar-refractivity contribution in [1.29, 1.82) is 0 Å². The molecule has 0 aliphatic carbocycles. The topological polar surface area (TPSA) is 163 Å². The van der Waals surface area contributed by atoms with Gasteiger partial charge in [0.25, 0.3) is 5.79 Å². The average Bonchev–Trinajstić information content (AvgIpc) is 3.05. The van der Waals surface area contributed by atoms with Crippen LogP contribution >= 0.6 is 0 Å². The van der Waals surface area contributed by atoms with Gasteiger partial charge in [-0.3, -0.25) is 9.59 Å². The van der Waals surface area contributed by atoms with Crippen molar-refractivity contribution in [2.45, 2.75) is 58.3 Å². The third-order valence-corrected chi connectivity index (χ3v) is 5.18. The molecule has 1 heterocycles. The Bertz CT molecular complexity index is 823. The van der Waals surface area contributed by atoms with Crippen LogP contribution in [0.15, 0.2) is 18.2 Å². The van der Waals surface area contributed by atoms with Crippen LogP contribution in [-0.2, 0) is 19.1 Å². The number of benzene rings is 1. The molecule has 0 bridgehead atoms. The molecule has 1 aliphatic heterocycles. The second-order valence-electron chi connectivity index (χ2n) is 8.16. The van der Waals surface area contributed by atoms with Gasteiger partial charge in [0.15, 0.2) is 17.1 Å². The zero-order valence-corrected chi connectivity index (χ0v) is 20.1. The van der Waals surface area contributed by atoms with Gasteiger partial charge in [0.2, 0.25) is 0 Å². The summed E-state index contributed by atoms with van der Waals surface area (Å²) in [7, 11) is 0. The van der Waals surface area contributed by atoms with Crippen molar-refractivity contribution in [1.82, 2.24) is 4.90 Å². The van der Waals surface area contributed by atoms with Crippen LogP contribution < -0.4 is 9.47 Å². The summed E-state index contributed by atoms with van der Waals surface area (Å²) in [5, 5.41) is 33.8. The number of aryl methyl sites for hydroxylation is 1. The quantitative estimate of drug-likeness (QED) is 0.302. The summed E-state index contributed by atoms with van der Waals surface area (Å²) >= 11 is 0. The molecule has 4 N–H and O–H groups in total. The van der Waals surface area contributed by atoms with Gasteiger partial charge in [-0.25, -0.2) is 4.79 Å². The zero-order chi connectivity index (χ0) is 25.9. The summed E-state index contributed by atoms with van der Waals surface area (Å²) in [6.45, 7) is 12.9. The molecular weight excluding hydrogens is 450 g/mol. The lowest BCUT2D eigenvalue weighted by molar-refractivity contribution is -0.170. The first-order chi connectivity index (χ1) is 15.8. The highest BCUT2D eigenvalue weighted by Crippen LogP contribution is 2.40. The predicted octanol–water partition coefficient (Wildman–Crippen LogP) is 1.98. The fourth-order valence-electron chi connectivity index (χ4n) is 3.17. The number of carboxylic acids is 3. The summed E-state index contributed by atoms with van der Waals surface area (Å²) in [4.78, 5) is 32.8. The second-order valence-corrected chi connectivity index (χ2v) is 8.16. The van der Waals surface area contributed by atoms with Gasteiger partial charge in [-0.1, -0.05) is 19.9 Å². The van der Waals surface area contributed by atoms with Crippen molar-refractivity contribution in [3.63, 3.8) is 0 Å². The fourth-order valence-corrected chi connectivity index (χ4v) is 3.17. The first-order valence-corrected chi connectivity index (χ1v) is 11.0. The summed E-state index contributed by atoms with van der Waals surface area (Å²) < 4.78 is 17.6. The van der Waals surface area contributed by atoms with Gasteiger partial charge in [0.05, 0.1) is 26.1 Å². The normalized spacial score (nSPS) is 16.6. The van der Waals surface area contributed by atoms with Gasteiger partial charge in [-0.15, -0.1) is 0 Å². The molecule has 0 fully saturated rings. The van der Waals surface area contributed by atoms with E-state index in [1.165, 1.54) is 5.56 Å². The van der Waals surface area contributed by atoms with Crippen LogP contribution in [0.25, 0.3) is 0 Å². The molecule has 1 aromatic rings. The van der Waals surface area contributed by atoms with E-state index in [2.05, 4.69) is 25.7 Å². The molecule has 192 valence electrons. The zero-order valence-electron chi connectivity index (χ0n) is 20.1. The van der Waals surface area contributed by atoms with Gasteiger partial charge in [-0.2, -0.15) is 0 Å². The third-order valence-electron chi connectivity index (χ3n) is 5.18. The molecule has 1 aromatic carbocycles. The highest BCUT2D eigenvalue weighted by molar-refractivity contribution is 5.88. The van der Waals surface area contributed by atoms with Gasteiger partial charge < -0.3 is 39.5 Å². The van der Waals surface area contributed by atoms with Crippen molar-refractivity contribution in [3.05, 3.63) is 23.8 Å². The van der Waals surface area contributed by atoms with Gasteiger partial charge in [0, 0.05) is 19.9 Å². The predicted molar refractivity (Wildman–Crippen MR) is 121 cm³/mol. The maximum atomic E-state index is 10.3. The molecule has 34 heavy (non-hydrogen) atoms. The Balaban J connectivity index is 0.000000385. The van der Waals surface area contributed by atoms with E-state index in [0.717, 1.165) is 44.2 Å². The first-order valence-electron chi connectivity index (χ1n) is 11.0. The van der Waals surface area contributed by atoms with Crippen LogP contribution in [0.3, 0.4) is 0 Å². The molecule has 0 spiro atoms. The van der Waals surface area contributed by atoms with E-state index in [1.54, 1.807) is 0 Å². The Morgan fingerprint density at radius 1 is 1.00 bits per heavy atom. The van der Waals surface area contributed by atoms with Gasteiger partial charge in [0.1, 0.15) is 0 Å². The maximum absolute atomic E-state index is 10.3. The SMILES string of the molecule is CCN(CC)CCOCCC1(C)Oc2ccc(C)cc2O1.O=C(O)CC(O)(CC(=O)O)C(=O)O. The number of carbonyl (C=O) groups is 3. The molecule has 11 heteroatoms. The maximum Gasteiger partial charge on any atom is 0.336 e. The number of aliphatic carboxylic acids is 3. The van der Waals surface area contributed by atoms with E-state index in [1.807, 2.05) is 25.1 Å². The number of likely N-dealkylation sites (N-methyl/N-ethyl adjacent to an activating group) is 1. The molecule has 0 radical (unpaired) electrons. The highest BCUT2D eigenvalue weighted by Gasteiger charge is 2.41. The molecular formula is C23H35NO10. The molecule has 0 saturated heterocycles. The van der Waals surface area contributed by atoms with Crippen molar-refractivity contribution in [2.24, 2.45) is 0 Å². The number of rotatable bonds is 13. The first kappa shape index (κ1) is 29.1. The molecule has 11 nitrogen and oxygen atoms in total. The Morgan fingerprint density at radius 3 is 2.06 bits per heavy atom. The lowest BCUT2D eigenvalue weighted by Gasteiger charge is -2.23. The lowest BCUT2D eigenvalue weighted by atomic mass is 9.96. The van der Waals surface area contributed by atoms with Crippen molar-refractivity contribution < 1.29 is 49.0 Å². The Morgan fingerprint density at radius 2 is 1.56 bits per heavy atom. The van der Waals surface area contributed by atoms with Crippen LogP contribution in [0.5, 0.6) is 11.5 Å². The lowest BCUT2D eigenvalue weighted by Crippen LogP contribution is -2.42. The third kappa shape index (κ3) is 9.54. The monoisotopic (exact) mass is 485 g/mol. The highest BCUT2D eigenvalue weighted by atomic mass is 16.7. The van der Waals surface area contributed by atoms with E-state index >= 15 is 0 Å². The van der Waals surface area contributed by atoms with Crippen LogP contribution in [0.1, 0.15) is 45.6 Å². The van der Waals surface area contributed by atoms with Crippen LogP contribution in [-0.4, -0.2) is 87.5 Å². The number of nitrogens with zero attached hydrogens (tertiary/aromatic N) is 1. The van der Waals surface area contributed by atoms with E-state index in [9.17, 15) is 14.4 Å². The minimum Gasteiger partial charge on any atom is -0.481 e. The number of hydrogen-bond acceptors (Lipinski definition) is 8. The molecule has 0 aromatic heterocycles. The molecule has 0 saturated carbocycles. The molecule has 1 aliphatic rings. The largest absolute Gasteiger partial charge is 0.481 e. The number of ether oxygens (including phenoxy) is 3. The number of aliphatic hydroxyl groups is 1. The van der Waals surface area contributed by atoms with E-state index < -0.39 is 42.1 Å². The fraction of sp³-hybridized carbons (Fsp3) is 0.609. The number of carboxylic acid groups (broad SMARTS) is 3. The summed E-state index contributed by atoms with van der Waals surface area (Å²) in [6, 6.07) is 6.02. The van der Waals surface area contributed by atoms with E-state index in [-0.39, 0.29) is 0 Å².